The largest absolute Gasteiger partial charge is 0.388 e. The highest BCUT2D eigenvalue weighted by molar-refractivity contribution is 7.91. The zero-order chi connectivity index (χ0) is 9.41. The van der Waals surface area contributed by atoms with E-state index in [0.29, 0.717) is 0 Å². The highest BCUT2D eigenvalue weighted by Gasteiger charge is 2.41. The molecule has 1 N–H and O–H groups in total. The summed E-state index contributed by atoms with van der Waals surface area (Å²) >= 11 is 0. The zero-order valence-corrected chi connectivity index (χ0v) is 7.73. The van der Waals surface area contributed by atoms with Gasteiger partial charge in [0, 0.05) is 6.42 Å². The van der Waals surface area contributed by atoms with Crippen LogP contribution in [0.15, 0.2) is 0 Å². The van der Waals surface area contributed by atoms with Gasteiger partial charge in [0.25, 0.3) is 0 Å². The van der Waals surface area contributed by atoms with E-state index in [1.54, 1.807) is 0 Å². The fourth-order valence-electron chi connectivity index (χ4n) is 1.50. The number of hydrogen-bond acceptors (Lipinski definition) is 4. The van der Waals surface area contributed by atoms with E-state index in [1.807, 2.05) is 0 Å². The summed E-state index contributed by atoms with van der Waals surface area (Å²) in [6, 6.07) is 0. The molecule has 4 nitrogen and oxygen atoms in total. The molecule has 0 spiro atoms. The van der Waals surface area contributed by atoms with Gasteiger partial charge < -0.3 is 5.11 Å². The first-order valence-electron chi connectivity index (χ1n) is 3.75. The van der Waals surface area contributed by atoms with Crippen molar-refractivity contribution in [2.45, 2.75) is 25.4 Å². The number of hydrogen-bond donors (Lipinski definition) is 1. The molecule has 0 radical (unpaired) electrons. The van der Waals surface area contributed by atoms with Gasteiger partial charge in [-0.25, -0.2) is 8.42 Å². The molecule has 0 bridgehead atoms. The predicted octanol–water partition coefficient (Wildman–Crippen LogP) is -0.485. The molecule has 1 saturated heterocycles. The van der Waals surface area contributed by atoms with Crippen LogP contribution in [0.5, 0.6) is 0 Å². The van der Waals surface area contributed by atoms with E-state index < -0.39 is 15.4 Å². The van der Waals surface area contributed by atoms with E-state index in [-0.39, 0.29) is 30.1 Å². The Morgan fingerprint density at radius 1 is 1.58 bits per heavy atom. The summed E-state index contributed by atoms with van der Waals surface area (Å²) in [5.74, 6) is -0.439. The minimum absolute atomic E-state index is 0.00319. The van der Waals surface area contributed by atoms with Crippen LogP contribution in [0.3, 0.4) is 0 Å². The number of rotatable bonds is 2. The molecule has 0 aromatic carbocycles. The second kappa shape index (κ2) is 2.81. The van der Waals surface area contributed by atoms with Crippen LogP contribution in [0.4, 0.5) is 0 Å². The Morgan fingerprint density at radius 3 is 2.50 bits per heavy atom. The van der Waals surface area contributed by atoms with Crippen molar-refractivity contribution in [2.24, 2.45) is 0 Å². The van der Waals surface area contributed by atoms with Crippen LogP contribution in [-0.4, -0.2) is 36.4 Å². The SMILES string of the molecule is CC(=O)CC1(O)CCS(=O)(=O)C1. The summed E-state index contributed by atoms with van der Waals surface area (Å²) in [4.78, 5) is 10.7. The third kappa shape index (κ3) is 2.28. The summed E-state index contributed by atoms with van der Waals surface area (Å²) in [5.41, 5.74) is -1.29. The maximum atomic E-state index is 11.0. The molecule has 1 atom stereocenters. The van der Waals surface area contributed by atoms with Crippen LogP contribution in [0.1, 0.15) is 19.8 Å². The van der Waals surface area contributed by atoms with Crippen molar-refractivity contribution < 1.29 is 18.3 Å². The monoisotopic (exact) mass is 192 g/mol. The number of sulfone groups is 1. The smallest absolute Gasteiger partial charge is 0.153 e. The summed E-state index contributed by atoms with van der Waals surface area (Å²) < 4.78 is 21.9. The van der Waals surface area contributed by atoms with Gasteiger partial charge in [0.05, 0.1) is 17.1 Å². The van der Waals surface area contributed by atoms with Gasteiger partial charge in [-0.3, -0.25) is 4.79 Å². The first kappa shape index (κ1) is 9.67. The fraction of sp³-hybridized carbons (Fsp3) is 0.857. The van der Waals surface area contributed by atoms with Crippen molar-refractivity contribution in [2.75, 3.05) is 11.5 Å². The van der Waals surface area contributed by atoms with Crippen molar-refractivity contribution in [3.05, 3.63) is 0 Å². The molecule has 0 aromatic rings. The van der Waals surface area contributed by atoms with Gasteiger partial charge >= 0.3 is 0 Å². The Balaban J connectivity index is 2.71. The lowest BCUT2D eigenvalue weighted by Crippen LogP contribution is -2.32. The van der Waals surface area contributed by atoms with Crippen LogP contribution in [0, 0.1) is 0 Å². The van der Waals surface area contributed by atoms with E-state index in [2.05, 4.69) is 0 Å². The van der Waals surface area contributed by atoms with Gasteiger partial charge in [-0.15, -0.1) is 0 Å². The van der Waals surface area contributed by atoms with Gasteiger partial charge in [0.2, 0.25) is 0 Å². The molecule has 70 valence electrons. The molecular weight excluding hydrogens is 180 g/mol. The van der Waals surface area contributed by atoms with Crippen molar-refractivity contribution in [1.29, 1.82) is 0 Å². The van der Waals surface area contributed by atoms with E-state index in [4.69, 9.17) is 0 Å². The van der Waals surface area contributed by atoms with Crippen molar-refractivity contribution >= 4 is 15.6 Å². The number of carbonyl (C=O) groups excluding carboxylic acids is 1. The number of carbonyl (C=O) groups is 1. The molecule has 1 unspecified atom stereocenters. The third-order valence-electron chi connectivity index (χ3n) is 1.95. The summed E-state index contributed by atoms with van der Waals surface area (Å²) in [6.07, 6.45) is 0.140. The van der Waals surface area contributed by atoms with Crippen molar-refractivity contribution in [3.63, 3.8) is 0 Å². The molecule has 1 fully saturated rings. The van der Waals surface area contributed by atoms with Gasteiger partial charge in [0.15, 0.2) is 9.84 Å². The van der Waals surface area contributed by atoms with Crippen molar-refractivity contribution in [1.82, 2.24) is 0 Å². The average molecular weight is 192 g/mol. The minimum atomic E-state index is -3.10. The van der Waals surface area contributed by atoms with Gasteiger partial charge in [-0.2, -0.15) is 0 Å². The van der Waals surface area contributed by atoms with Crippen LogP contribution >= 0.6 is 0 Å². The topological polar surface area (TPSA) is 71.4 Å². The van der Waals surface area contributed by atoms with E-state index in [0.717, 1.165) is 0 Å². The van der Waals surface area contributed by atoms with Gasteiger partial charge in [0.1, 0.15) is 5.78 Å². The molecular formula is C7H12O4S. The molecule has 1 aliphatic heterocycles. The normalized spacial score (nSPS) is 33.5. The standard InChI is InChI=1S/C7H12O4S/c1-6(8)4-7(9)2-3-12(10,11)5-7/h9H,2-5H2,1H3. The van der Waals surface area contributed by atoms with E-state index >= 15 is 0 Å². The Kier molecular flexibility index (Phi) is 2.27. The van der Waals surface area contributed by atoms with Gasteiger partial charge in [-0.1, -0.05) is 0 Å². The number of Topliss-reactive ketones (excluding diaryl/α,β-unsaturated/α-hetero) is 1. The molecule has 1 heterocycles. The molecule has 0 amide bonds. The van der Waals surface area contributed by atoms with Crippen molar-refractivity contribution in [3.8, 4) is 0 Å². The lowest BCUT2D eigenvalue weighted by atomic mass is 9.97. The number of ketones is 1. The molecule has 1 rings (SSSR count). The van der Waals surface area contributed by atoms with E-state index in [1.165, 1.54) is 6.92 Å². The molecule has 12 heavy (non-hydrogen) atoms. The summed E-state index contributed by atoms with van der Waals surface area (Å²) in [7, 11) is -3.10. The Bertz CT molecular complexity index is 293. The Morgan fingerprint density at radius 2 is 2.17 bits per heavy atom. The Hall–Kier alpha value is -0.420. The maximum Gasteiger partial charge on any atom is 0.153 e. The van der Waals surface area contributed by atoms with Crippen LogP contribution in [0.25, 0.3) is 0 Å². The zero-order valence-electron chi connectivity index (χ0n) is 6.91. The second-order valence-electron chi connectivity index (χ2n) is 3.45. The summed E-state index contributed by atoms with van der Waals surface area (Å²) in [6.45, 7) is 1.35. The molecule has 1 aliphatic rings. The minimum Gasteiger partial charge on any atom is -0.388 e. The molecule has 0 aromatic heterocycles. The predicted molar refractivity (Wildman–Crippen MR) is 43.5 cm³/mol. The average Bonchev–Trinajstić information content (AvgIpc) is 2.03. The van der Waals surface area contributed by atoms with Crippen LogP contribution in [-0.2, 0) is 14.6 Å². The highest BCUT2D eigenvalue weighted by Crippen LogP contribution is 2.26. The van der Waals surface area contributed by atoms with Gasteiger partial charge in [-0.05, 0) is 13.3 Å². The van der Waals surface area contributed by atoms with E-state index in [9.17, 15) is 18.3 Å². The first-order valence-corrected chi connectivity index (χ1v) is 5.57. The first-order chi connectivity index (χ1) is 5.33. The quantitative estimate of drug-likeness (QED) is 0.641. The van der Waals surface area contributed by atoms with Crippen LogP contribution in [0.2, 0.25) is 0 Å². The summed E-state index contributed by atoms with van der Waals surface area (Å²) in [5, 5.41) is 9.60. The Labute approximate surface area is 71.5 Å². The van der Waals surface area contributed by atoms with Crippen LogP contribution < -0.4 is 0 Å². The molecule has 0 aliphatic carbocycles. The lowest BCUT2D eigenvalue weighted by Gasteiger charge is -2.17. The highest BCUT2D eigenvalue weighted by atomic mass is 32.2. The lowest BCUT2D eigenvalue weighted by molar-refractivity contribution is -0.121. The third-order valence-corrected chi connectivity index (χ3v) is 3.75. The molecule has 0 saturated carbocycles. The fourth-order valence-corrected chi connectivity index (χ4v) is 3.40. The second-order valence-corrected chi connectivity index (χ2v) is 5.63. The maximum absolute atomic E-state index is 11.0. The molecule has 5 heteroatoms. The number of aliphatic hydroxyl groups is 1.